The summed E-state index contributed by atoms with van der Waals surface area (Å²) >= 11 is 0. The Kier molecular flexibility index (Phi) is 4.18. The first-order chi connectivity index (χ1) is 11.7. The van der Waals surface area contributed by atoms with E-state index >= 15 is 0 Å². The van der Waals surface area contributed by atoms with Gasteiger partial charge in [-0.2, -0.15) is 0 Å². The van der Waals surface area contributed by atoms with Crippen LogP contribution in [0.2, 0.25) is 0 Å². The molecule has 2 N–H and O–H groups in total. The second kappa shape index (κ2) is 5.81. The lowest BCUT2D eigenvalue weighted by atomic mass is 9.45. The van der Waals surface area contributed by atoms with Crippen LogP contribution in [-0.2, 0) is 4.74 Å². The number of hydrogen-bond donors (Lipinski definition) is 2. The normalized spacial score (nSPS) is 52.4. The average Bonchev–Trinajstić information content (AvgIpc) is 2.82. The van der Waals surface area contributed by atoms with Crippen molar-refractivity contribution in [2.24, 2.45) is 34.5 Å². The molecular weight excluding hydrogens is 312 g/mol. The Bertz CT molecular complexity index is 550. The van der Waals surface area contributed by atoms with Crippen molar-refractivity contribution < 1.29 is 14.9 Å². The van der Waals surface area contributed by atoms with Crippen molar-refractivity contribution >= 4 is 0 Å². The van der Waals surface area contributed by atoms with Gasteiger partial charge in [0, 0.05) is 0 Å². The summed E-state index contributed by atoms with van der Waals surface area (Å²) < 4.78 is 6.27. The highest BCUT2D eigenvalue weighted by molar-refractivity contribution is 5.15. The molecule has 4 aliphatic carbocycles. The van der Waals surface area contributed by atoms with Gasteiger partial charge in [-0.1, -0.05) is 26.0 Å². The van der Waals surface area contributed by atoms with E-state index in [0.717, 1.165) is 25.7 Å². The molecule has 3 saturated carbocycles. The van der Waals surface area contributed by atoms with Crippen molar-refractivity contribution in [3.05, 3.63) is 12.2 Å². The third kappa shape index (κ3) is 2.73. The van der Waals surface area contributed by atoms with E-state index in [9.17, 15) is 10.2 Å². The third-order valence-corrected chi connectivity index (χ3v) is 8.55. The smallest absolute Gasteiger partial charge is 0.160 e. The number of rotatable bonds is 2. The maximum absolute atomic E-state index is 10.7. The van der Waals surface area contributed by atoms with Gasteiger partial charge in [-0.05, 0) is 93.3 Å². The van der Waals surface area contributed by atoms with E-state index in [1.54, 1.807) is 13.8 Å². The fourth-order valence-electron chi connectivity index (χ4n) is 7.23. The number of aliphatic hydroxyl groups is 2. The highest BCUT2D eigenvalue weighted by Gasteiger charge is 2.62. The summed E-state index contributed by atoms with van der Waals surface area (Å²) in [7, 11) is 0. The molecule has 0 radical (unpaired) electrons. The maximum Gasteiger partial charge on any atom is 0.160 e. The summed E-state index contributed by atoms with van der Waals surface area (Å²) in [5, 5.41) is 21.1. The number of aliphatic hydroxyl groups excluding tert-OH is 1. The summed E-state index contributed by atoms with van der Waals surface area (Å²) in [5.41, 5.74) is 0.393. The molecule has 3 fully saturated rings. The van der Waals surface area contributed by atoms with Crippen molar-refractivity contribution in [1.29, 1.82) is 0 Å². The maximum atomic E-state index is 10.7. The lowest BCUT2D eigenvalue weighted by molar-refractivity contribution is -0.259. The molecule has 3 heteroatoms. The Labute approximate surface area is 152 Å². The van der Waals surface area contributed by atoms with Gasteiger partial charge in [0.05, 0.1) is 12.2 Å². The molecule has 142 valence electrons. The molecule has 0 amide bonds. The van der Waals surface area contributed by atoms with Crippen LogP contribution in [0.4, 0.5) is 0 Å². The molecule has 4 aliphatic rings. The molecular formula is C22H36O3. The summed E-state index contributed by atoms with van der Waals surface area (Å²) in [6, 6.07) is 0. The molecule has 25 heavy (non-hydrogen) atoms. The van der Waals surface area contributed by atoms with Gasteiger partial charge in [0.25, 0.3) is 0 Å². The highest BCUT2D eigenvalue weighted by atomic mass is 16.6. The van der Waals surface area contributed by atoms with Gasteiger partial charge in [-0.3, -0.25) is 0 Å². The van der Waals surface area contributed by atoms with Crippen LogP contribution in [0.3, 0.4) is 0 Å². The molecule has 0 heterocycles. The Morgan fingerprint density at radius 2 is 1.76 bits per heavy atom. The molecule has 0 saturated heterocycles. The Morgan fingerprint density at radius 1 is 1.04 bits per heavy atom. The summed E-state index contributed by atoms with van der Waals surface area (Å²) in [6.07, 6.45) is 12.6. The first-order valence-electron chi connectivity index (χ1n) is 10.4. The van der Waals surface area contributed by atoms with Crippen LogP contribution < -0.4 is 0 Å². The molecule has 3 nitrogen and oxygen atoms in total. The van der Waals surface area contributed by atoms with Gasteiger partial charge >= 0.3 is 0 Å². The lowest BCUT2D eigenvalue weighted by Crippen LogP contribution is -2.59. The molecule has 8 atom stereocenters. The monoisotopic (exact) mass is 348 g/mol. The minimum atomic E-state index is -1.09. The van der Waals surface area contributed by atoms with Crippen LogP contribution in [0.15, 0.2) is 12.2 Å². The summed E-state index contributed by atoms with van der Waals surface area (Å²) in [5.74, 6) is 1.11. The number of fused-ring (bicyclic) bond motifs is 5. The lowest BCUT2D eigenvalue weighted by Gasteiger charge is -2.61. The number of ether oxygens (including phenoxy) is 1. The van der Waals surface area contributed by atoms with Gasteiger partial charge in [0.2, 0.25) is 0 Å². The second-order valence-electron chi connectivity index (χ2n) is 10.3. The largest absolute Gasteiger partial charge is 0.393 e. The van der Waals surface area contributed by atoms with E-state index in [0.29, 0.717) is 29.1 Å². The van der Waals surface area contributed by atoms with E-state index in [1.165, 1.54) is 19.3 Å². The Morgan fingerprint density at radius 3 is 2.48 bits per heavy atom. The zero-order valence-electron chi connectivity index (χ0n) is 16.4. The van der Waals surface area contributed by atoms with Crippen molar-refractivity contribution in [2.45, 2.75) is 90.6 Å². The first-order valence-corrected chi connectivity index (χ1v) is 10.4. The predicted octanol–water partition coefficient (Wildman–Crippen LogP) is 4.28. The van der Waals surface area contributed by atoms with E-state index in [2.05, 4.69) is 26.0 Å². The van der Waals surface area contributed by atoms with Gasteiger partial charge in [-0.15, -0.1) is 0 Å². The van der Waals surface area contributed by atoms with Crippen LogP contribution in [0, 0.1) is 34.5 Å². The first kappa shape index (κ1) is 18.0. The Hall–Kier alpha value is -0.380. The minimum Gasteiger partial charge on any atom is -0.393 e. The van der Waals surface area contributed by atoms with Crippen molar-refractivity contribution in [2.75, 3.05) is 0 Å². The van der Waals surface area contributed by atoms with Gasteiger partial charge in [0.15, 0.2) is 5.79 Å². The van der Waals surface area contributed by atoms with Crippen LogP contribution in [0.25, 0.3) is 0 Å². The molecule has 4 rings (SSSR count). The van der Waals surface area contributed by atoms with Gasteiger partial charge < -0.3 is 14.9 Å². The molecule has 0 aromatic carbocycles. The summed E-state index contributed by atoms with van der Waals surface area (Å²) in [4.78, 5) is 0. The fraction of sp³-hybridized carbons (Fsp3) is 0.909. The molecule has 0 aliphatic heterocycles. The topological polar surface area (TPSA) is 49.7 Å². The zero-order valence-corrected chi connectivity index (χ0v) is 16.4. The van der Waals surface area contributed by atoms with Crippen molar-refractivity contribution in [1.82, 2.24) is 0 Å². The highest BCUT2D eigenvalue weighted by Crippen LogP contribution is 2.66. The quantitative estimate of drug-likeness (QED) is 0.578. The molecule has 0 spiro atoms. The van der Waals surface area contributed by atoms with E-state index in [-0.39, 0.29) is 17.6 Å². The van der Waals surface area contributed by atoms with E-state index < -0.39 is 5.79 Å². The van der Waals surface area contributed by atoms with Crippen molar-refractivity contribution in [3.63, 3.8) is 0 Å². The number of hydrogen-bond acceptors (Lipinski definition) is 3. The Balaban J connectivity index is 1.73. The average molecular weight is 349 g/mol. The standard InChI is InChI=1S/C22H36O3/c1-20(2,24)25-17-13-14-7-5-6-11-21(14,3)16-10-12-22(4)15(19(16)17)8-9-18(22)23/h5,7,14-19,23-24H,6,8-13H2,1-4H3/t14?,15?,16?,17?,18?,19?,21-,22-/m0/s1. The molecule has 0 bridgehead atoms. The van der Waals surface area contributed by atoms with Gasteiger partial charge in [-0.25, -0.2) is 0 Å². The SMILES string of the molecule is CC(C)(O)OC1CC2C=CCC[C@]2(C)C2CC[C@]3(C)C(O)CCC3C12. The minimum absolute atomic E-state index is 0.0378. The van der Waals surface area contributed by atoms with Crippen LogP contribution in [-0.4, -0.2) is 28.2 Å². The van der Waals surface area contributed by atoms with Gasteiger partial charge in [0.1, 0.15) is 0 Å². The van der Waals surface area contributed by atoms with E-state index in [1.807, 2.05) is 0 Å². The third-order valence-electron chi connectivity index (χ3n) is 8.55. The van der Waals surface area contributed by atoms with Crippen molar-refractivity contribution in [3.8, 4) is 0 Å². The fourth-order valence-corrected chi connectivity index (χ4v) is 7.23. The summed E-state index contributed by atoms with van der Waals surface area (Å²) in [6.45, 7) is 8.34. The van der Waals surface area contributed by atoms with Crippen LogP contribution in [0.1, 0.15) is 72.6 Å². The van der Waals surface area contributed by atoms with E-state index in [4.69, 9.17) is 4.74 Å². The zero-order chi connectivity index (χ0) is 18.0. The predicted molar refractivity (Wildman–Crippen MR) is 98.8 cm³/mol. The molecule has 0 aromatic heterocycles. The molecule has 0 aromatic rings. The second-order valence-corrected chi connectivity index (χ2v) is 10.3. The van der Waals surface area contributed by atoms with Crippen LogP contribution >= 0.6 is 0 Å². The number of allylic oxidation sites excluding steroid dienone is 2. The molecule has 6 unspecified atom stereocenters. The van der Waals surface area contributed by atoms with Crippen LogP contribution in [0.5, 0.6) is 0 Å².